The molecule has 1 heterocycles. The Labute approximate surface area is 106 Å². The Morgan fingerprint density at radius 2 is 2.28 bits per heavy atom. The van der Waals surface area contributed by atoms with Crippen molar-refractivity contribution >= 4 is 5.96 Å². The molecule has 18 heavy (non-hydrogen) atoms. The van der Waals surface area contributed by atoms with Crippen molar-refractivity contribution in [2.24, 2.45) is 17.8 Å². The topological polar surface area (TPSA) is 81.6 Å². The molecule has 0 bridgehead atoms. The van der Waals surface area contributed by atoms with Gasteiger partial charge in [-0.15, -0.1) is 0 Å². The molecule has 1 rings (SSSR count). The predicted molar refractivity (Wildman–Crippen MR) is 71.6 cm³/mol. The average molecular weight is 252 g/mol. The molecule has 0 aliphatic heterocycles. The molecule has 1 aromatic heterocycles. The minimum absolute atomic E-state index is 0.0385. The van der Waals surface area contributed by atoms with Crippen LogP contribution in [0.15, 0.2) is 21.9 Å². The molecule has 0 spiro atoms. The Balaban J connectivity index is 2.66. The number of ether oxygens (including phenoxy) is 1. The second kappa shape index (κ2) is 6.80. The monoisotopic (exact) mass is 252 g/mol. The first-order chi connectivity index (χ1) is 8.56. The van der Waals surface area contributed by atoms with Gasteiger partial charge in [0, 0.05) is 32.0 Å². The summed E-state index contributed by atoms with van der Waals surface area (Å²) >= 11 is 0. The van der Waals surface area contributed by atoms with Crippen molar-refractivity contribution in [3.8, 4) is 0 Å². The van der Waals surface area contributed by atoms with Gasteiger partial charge in [-0.3, -0.25) is 4.79 Å². The molecule has 0 saturated heterocycles. The van der Waals surface area contributed by atoms with Crippen molar-refractivity contribution in [2.75, 3.05) is 20.3 Å². The molecular weight excluding hydrogens is 232 g/mol. The number of methoxy groups -OCH3 is 1. The van der Waals surface area contributed by atoms with Gasteiger partial charge in [-0.1, -0.05) is 0 Å². The molecule has 0 aliphatic rings. The number of aryl methyl sites for hydroxylation is 1. The first-order valence-electron chi connectivity index (χ1n) is 5.74. The Hall–Kier alpha value is -1.82. The van der Waals surface area contributed by atoms with E-state index >= 15 is 0 Å². The van der Waals surface area contributed by atoms with E-state index in [1.54, 1.807) is 24.8 Å². The van der Waals surface area contributed by atoms with E-state index in [0.717, 1.165) is 5.69 Å². The second-order valence-electron chi connectivity index (χ2n) is 3.99. The highest BCUT2D eigenvalue weighted by Crippen LogP contribution is 1.98. The van der Waals surface area contributed by atoms with E-state index < -0.39 is 0 Å². The van der Waals surface area contributed by atoms with Crippen LogP contribution in [0.5, 0.6) is 0 Å². The van der Waals surface area contributed by atoms with Gasteiger partial charge in [-0.2, -0.15) is 0 Å². The lowest BCUT2D eigenvalue weighted by Crippen LogP contribution is -2.34. The number of hydrogen-bond donors (Lipinski definition) is 2. The summed E-state index contributed by atoms with van der Waals surface area (Å²) < 4.78 is 6.47. The van der Waals surface area contributed by atoms with Gasteiger partial charge in [-0.05, 0) is 19.1 Å². The van der Waals surface area contributed by atoms with Crippen LogP contribution in [0.3, 0.4) is 0 Å². The highest BCUT2D eigenvalue weighted by molar-refractivity contribution is 5.77. The molecular formula is C12H20N4O2. The number of aromatic nitrogens is 1. The third kappa shape index (κ3) is 3.89. The fraction of sp³-hybridized carbons (Fsp3) is 0.500. The molecule has 0 aliphatic carbocycles. The van der Waals surface area contributed by atoms with Crippen LogP contribution in [-0.4, -0.2) is 30.8 Å². The lowest BCUT2D eigenvalue weighted by atomic mass is 10.2. The molecule has 0 atom stereocenters. The van der Waals surface area contributed by atoms with Crippen LogP contribution < -0.4 is 16.6 Å². The van der Waals surface area contributed by atoms with Gasteiger partial charge >= 0.3 is 0 Å². The van der Waals surface area contributed by atoms with Crippen molar-refractivity contribution in [1.29, 1.82) is 0 Å². The SMILES string of the molecule is COCCNC(N)=NCc1ccc(C)n(C)c1=O. The third-order valence-electron chi connectivity index (χ3n) is 2.67. The number of rotatable bonds is 5. The Bertz CT molecular complexity index is 479. The number of guanidine groups is 1. The predicted octanol–water partition coefficient (Wildman–Crippen LogP) is -0.256. The Kier molecular flexibility index (Phi) is 5.38. The van der Waals surface area contributed by atoms with E-state index in [1.807, 2.05) is 13.0 Å². The number of aliphatic imine (C=N–C) groups is 1. The van der Waals surface area contributed by atoms with E-state index in [2.05, 4.69) is 10.3 Å². The van der Waals surface area contributed by atoms with Gasteiger partial charge in [0.05, 0.1) is 13.2 Å². The molecule has 6 heteroatoms. The lowest BCUT2D eigenvalue weighted by molar-refractivity contribution is 0.204. The zero-order valence-corrected chi connectivity index (χ0v) is 11.1. The van der Waals surface area contributed by atoms with Crippen LogP contribution in [0, 0.1) is 6.92 Å². The fourth-order valence-electron chi connectivity index (χ4n) is 1.41. The first kappa shape index (κ1) is 14.2. The van der Waals surface area contributed by atoms with Crippen LogP contribution in [0.2, 0.25) is 0 Å². The molecule has 0 fully saturated rings. The first-order valence-corrected chi connectivity index (χ1v) is 5.74. The summed E-state index contributed by atoms with van der Waals surface area (Å²) in [4.78, 5) is 16.0. The summed E-state index contributed by atoms with van der Waals surface area (Å²) in [5.74, 6) is 0.315. The van der Waals surface area contributed by atoms with Gasteiger partial charge in [-0.25, -0.2) is 4.99 Å². The molecule has 0 amide bonds. The minimum Gasteiger partial charge on any atom is -0.383 e. The Morgan fingerprint density at radius 3 is 2.94 bits per heavy atom. The highest BCUT2D eigenvalue weighted by atomic mass is 16.5. The zero-order valence-electron chi connectivity index (χ0n) is 11.1. The third-order valence-corrected chi connectivity index (χ3v) is 2.67. The maximum atomic E-state index is 11.9. The summed E-state index contributed by atoms with van der Waals surface area (Å²) in [6.07, 6.45) is 0. The molecule has 0 saturated carbocycles. The standard InChI is InChI=1S/C12H20N4O2/c1-9-4-5-10(11(17)16(9)2)8-15-12(13)14-6-7-18-3/h4-5H,6-8H2,1-3H3,(H3,13,14,15). The van der Waals surface area contributed by atoms with Crippen LogP contribution in [-0.2, 0) is 18.3 Å². The number of nitrogens with one attached hydrogen (secondary N) is 1. The van der Waals surface area contributed by atoms with Crippen LogP contribution >= 0.6 is 0 Å². The van der Waals surface area contributed by atoms with E-state index in [0.29, 0.717) is 24.7 Å². The van der Waals surface area contributed by atoms with E-state index in [-0.39, 0.29) is 12.1 Å². The van der Waals surface area contributed by atoms with Crippen LogP contribution in [0.25, 0.3) is 0 Å². The summed E-state index contributed by atoms with van der Waals surface area (Å²) in [5.41, 5.74) is 7.16. The number of hydrogen-bond acceptors (Lipinski definition) is 3. The lowest BCUT2D eigenvalue weighted by Gasteiger charge is -2.06. The van der Waals surface area contributed by atoms with Crippen molar-refractivity contribution in [3.05, 3.63) is 33.7 Å². The molecule has 100 valence electrons. The van der Waals surface area contributed by atoms with Gasteiger partial charge in [0.15, 0.2) is 5.96 Å². The fourth-order valence-corrected chi connectivity index (χ4v) is 1.41. The normalized spacial score (nSPS) is 11.6. The molecule has 6 nitrogen and oxygen atoms in total. The van der Waals surface area contributed by atoms with Gasteiger partial charge in [0.25, 0.3) is 5.56 Å². The minimum atomic E-state index is -0.0385. The quantitative estimate of drug-likeness (QED) is 0.430. The smallest absolute Gasteiger partial charge is 0.255 e. The van der Waals surface area contributed by atoms with E-state index in [1.165, 1.54) is 0 Å². The molecule has 0 radical (unpaired) electrons. The summed E-state index contributed by atoms with van der Waals surface area (Å²) in [7, 11) is 3.36. The summed E-state index contributed by atoms with van der Waals surface area (Å²) in [6, 6.07) is 3.67. The van der Waals surface area contributed by atoms with Crippen molar-refractivity contribution in [1.82, 2.24) is 9.88 Å². The van der Waals surface area contributed by atoms with Crippen molar-refractivity contribution < 1.29 is 4.74 Å². The number of pyridine rings is 1. The van der Waals surface area contributed by atoms with Gasteiger partial charge in [0.2, 0.25) is 0 Å². The molecule has 1 aromatic rings. The highest BCUT2D eigenvalue weighted by Gasteiger charge is 2.02. The van der Waals surface area contributed by atoms with Crippen molar-refractivity contribution in [2.45, 2.75) is 13.5 Å². The van der Waals surface area contributed by atoms with Crippen LogP contribution in [0.1, 0.15) is 11.3 Å². The summed E-state index contributed by atoms with van der Waals surface area (Å²) in [6.45, 7) is 3.31. The molecule has 3 N–H and O–H groups in total. The number of nitrogens with two attached hydrogens (primary N) is 1. The second-order valence-corrected chi connectivity index (χ2v) is 3.99. The van der Waals surface area contributed by atoms with E-state index in [9.17, 15) is 4.79 Å². The maximum Gasteiger partial charge on any atom is 0.255 e. The van der Waals surface area contributed by atoms with Gasteiger partial charge in [0.1, 0.15) is 0 Å². The van der Waals surface area contributed by atoms with Crippen LogP contribution in [0.4, 0.5) is 0 Å². The molecule has 0 unspecified atom stereocenters. The zero-order chi connectivity index (χ0) is 13.5. The average Bonchev–Trinajstić information content (AvgIpc) is 2.35. The largest absolute Gasteiger partial charge is 0.383 e. The number of nitrogens with zero attached hydrogens (tertiary/aromatic N) is 2. The van der Waals surface area contributed by atoms with E-state index in [4.69, 9.17) is 10.5 Å². The summed E-state index contributed by atoms with van der Waals surface area (Å²) in [5, 5.41) is 2.89. The van der Waals surface area contributed by atoms with Gasteiger partial charge < -0.3 is 20.4 Å². The maximum absolute atomic E-state index is 11.9. The Morgan fingerprint density at radius 1 is 1.56 bits per heavy atom. The molecule has 0 aromatic carbocycles. The van der Waals surface area contributed by atoms with Crippen molar-refractivity contribution in [3.63, 3.8) is 0 Å².